The minimum atomic E-state index is -1.50. The molecule has 1 saturated heterocycles. The van der Waals surface area contributed by atoms with Crippen LogP contribution in [0.1, 0.15) is 0 Å². The number of benzene rings is 1. The van der Waals surface area contributed by atoms with Crippen LogP contribution >= 0.6 is 0 Å². The molecular formula is C12H14N4O7. The van der Waals surface area contributed by atoms with Crippen LogP contribution in [0.15, 0.2) is 29.4 Å². The van der Waals surface area contributed by atoms with Gasteiger partial charge >= 0.3 is 0 Å². The number of rotatable bonds is 5. The average Bonchev–Trinajstić information content (AvgIpc) is 2.54. The number of nitrogens with zero attached hydrogens (tertiary/aromatic N) is 4. The summed E-state index contributed by atoms with van der Waals surface area (Å²) in [5.41, 5.74) is 8.42. The standard InChI is InChI=1S/C12H14N4O7/c13-15-14-9-11(19)10(18)8(5-17)23-12(9)22-7-3-1-6(2-4-7)16(20)21/h1-4,8-12,17-19H,5H2. The number of hydrogen-bond donors (Lipinski definition) is 3. The zero-order valence-corrected chi connectivity index (χ0v) is 11.7. The van der Waals surface area contributed by atoms with E-state index < -0.39 is 42.2 Å². The van der Waals surface area contributed by atoms with Gasteiger partial charge in [-0.25, -0.2) is 0 Å². The van der Waals surface area contributed by atoms with E-state index in [1.54, 1.807) is 0 Å². The summed E-state index contributed by atoms with van der Waals surface area (Å²) >= 11 is 0. The van der Waals surface area contributed by atoms with Crippen molar-refractivity contribution in [2.45, 2.75) is 30.6 Å². The van der Waals surface area contributed by atoms with Gasteiger partial charge in [0.1, 0.15) is 24.0 Å². The zero-order chi connectivity index (χ0) is 17.0. The van der Waals surface area contributed by atoms with Crippen molar-refractivity contribution in [1.82, 2.24) is 0 Å². The number of non-ortho nitro benzene ring substituents is 1. The van der Waals surface area contributed by atoms with E-state index in [1.165, 1.54) is 24.3 Å². The van der Waals surface area contributed by atoms with E-state index in [2.05, 4.69) is 10.0 Å². The Morgan fingerprint density at radius 1 is 1.35 bits per heavy atom. The fourth-order valence-corrected chi connectivity index (χ4v) is 2.13. The second-order valence-corrected chi connectivity index (χ2v) is 4.77. The highest BCUT2D eigenvalue weighted by Gasteiger charge is 2.45. The molecular weight excluding hydrogens is 312 g/mol. The Kier molecular flexibility index (Phi) is 5.32. The van der Waals surface area contributed by atoms with E-state index in [-0.39, 0.29) is 11.4 Å². The smallest absolute Gasteiger partial charge is 0.269 e. The molecule has 1 aromatic carbocycles. The number of ether oxygens (including phenoxy) is 2. The minimum absolute atomic E-state index is 0.141. The Morgan fingerprint density at radius 3 is 2.52 bits per heavy atom. The van der Waals surface area contributed by atoms with Crippen LogP contribution in [-0.4, -0.2) is 57.5 Å². The Balaban J connectivity index is 2.20. The highest BCUT2D eigenvalue weighted by atomic mass is 16.7. The van der Waals surface area contributed by atoms with Crippen LogP contribution < -0.4 is 4.74 Å². The van der Waals surface area contributed by atoms with Crippen molar-refractivity contribution in [2.24, 2.45) is 5.11 Å². The van der Waals surface area contributed by atoms with Gasteiger partial charge in [-0.2, -0.15) is 0 Å². The molecule has 1 aromatic rings. The molecule has 0 saturated carbocycles. The van der Waals surface area contributed by atoms with Crippen LogP contribution in [0.4, 0.5) is 5.69 Å². The Hall–Kier alpha value is -2.43. The minimum Gasteiger partial charge on any atom is -0.464 e. The third-order valence-electron chi connectivity index (χ3n) is 3.33. The highest BCUT2D eigenvalue weighted by molar-refractivity contribution is 5.36. The highest BCUT2D eigenvalue weighted by Crippen LogP contribution is 2.27. The third kappa shape index (κ3) is 3.67. The molecule has 2 rings (SSSR count). The molecule has 1 heterocycles. The maximum atomic E-state index is 10.6. The van der Waals surface area contributed by atoms with E-state index in [9.17, 15) is 20.3 Å². The number of aliphatic hydroxyl groups is 3. The predicted octanol–water partition coefficient (Wildman–Crippen LogP) is 0.0915. The Bertz CT molecular complexity index is 604. The molecule has 11 nitrogen and oxygen atoms in total. The molecule has 1 aliphatic rings. The largest absolute Gasteiger partial charge is 0.464 e. The lowest BCUT2D eigenvalue weighted by atomic mass is 9.98. The van der Waals surface area contributed by atoms with Crippen LogP contribution in [0.3, 0.4) is 0 Å². The maximum Gasteiger partial charge on any atom is 0.269 e. The van der Waals surface area contributed by atoms with Gasteiger partial charge in [0.2, 0.25) is 6.29 Å². The van der Waals surface area contributed by atoms with Crippen molar-refractivity contribution < 1.29 is 29.7 Å². The Labute approximate surface area is 129 Å². The number of nitro benzene ring substituents is 1. The van der Waals surface area contributed by atoms with Gasteiger partial charge in [0.05, 0.1) is 17.6 Å². The first-order valence-corrected chi connectivity index (χ1v) is 6.55. The number of aliphatic hydroxyl groups excluding tert-OH is 3. The van der Waals surface area contributed by atoms with Crippen LogP contribution in [0.5, 0.6) is 5.75 Å². The molecule has 0 spiro atoms. The summed E-state index contributed by atoms with van der Waals surface area (Å²) in [6, 6.07) is 3.76. The molecule has 0 radical (unpaired) electrons. The summed E-state index contributed by atoms with van der Waals surface area (Å²) in [6.45, 7) is -0.582. The van der Waals surface area contributed by atoms with Crippen LogP contribution in [0, 0.1) is 10.1 Å². The van der Waals surface area contributed by atoms with E-state index in [0.717, 1.165) is 0 Å². The topological polar surface area (TPSA) is 171 Å². The van der Waals surface area contributed by atoms with Gasteiger partial charge in [0.15, 0.2) is 0 Å². The van der Waals surface area contributed by atoms with Gasteiger partial charge in [-0.05, 0) is 17.7 Å². The summed E-state index contributed by atoms with van der Waals surface area (Å²) in [5, 5.41) is 42.8. The van der Waals surface area contributed by atoms with Crippen LogP contribution in [0.25, 0.3) is 10.4 Å². The first-order valence-electron chi connectivity index (χ1n) is 6.55. The van der Waals surface area contributed by atoms with Crippen LogP contribution in [0.2, 0.25) is 0 Å². The normalized spacial score (nSPS) is 30.3. The lowest BCUT2D eigenvalue weighted by molar-refractivity contribution is -0.384. The summed E-state index contributed by atoms with van der Waals surface area (Å²) in [5.74, 6) is 0.166. The zero-order valence-electron chi connectivity index (χ0n) is 11.7. The SMILES string of the molecule is [N-]=[N+]=NC1C(Oc2ccc([N+](=O)[O-])cc2)OC(CO)C(O)C1O. The van der Waals surface area contributed by atoms with Crippen molar-refractivity contribution >= 4 is 5.69 Å². The van der Waals surface area contributed by atoms with Crippen molar-refractivity contribution in [3.8, 4) is 5.75 Å². The van der Waals surface area contributed by atoms with Gasteiger partial charge in [0.25, 0.3) is 5.69 Å². The lowest BCUT2D eigenvalue weighted by Gasteiger charge is -2.40. The quantitative estimate of drug-likeness (QED) is 0.226. The molecule has 0 amide bonds. The van der Waals surface area contributed by atoms with E-state index in [4.69, 9.17) is 20.1 Å². The molecule has 1 fully saturated rings. The summed E-state index contributed by atoms with van der Waals surface area (Å²) in [4.78, 5) is 12.6. The van der Waals surface area contributed by atoms with Gasteiger partial charge in [-0.1, -0.05) is 5.11 Å². The van der Waals surface area contributed by atoms with Crippen molar-refractivity contribution in [2.75, 3.05) is 6.61 Å². The third-order valence-corrected chi connectivity index (χ3v) is 3.33. The maximum absolute atomic E-state index is 10.6. The molecule has 0 aliphatic carbocycles. The van der Waals surface area contributed by atoms with E-state index >= 15 is 0 Å². The second-order valence-electron chi connectivity index (χ2n) is 4.77. The number of hydrogen-bond acceptors (Lipinski definition) is 8. The molecule has 23 heavy (non-hydrogen) atoms. The summed E-state index contributed by atoms with van der Waals surface area (Å²) in [7, 11) is 0. The van der Waals surface area contributed by atoms with Gasteiger partial charge < -0.3 is 24.8 Å². The average molecular weight is 326 g/mol. The predicted molar refractivity (Wildman–Crippen MR) is 74.4 cm³/mol. The molecule has 11 heteroatoms. The molecule has 0 aromatic heterocycles. The first-order chi connectivity index (χ1) is 11.0. The molecule has 0 bridgehead atoms. The summed E-state index contributed by atoms with van der Waals surface area (Å²) in [6.07, 6.45) is -5.35. The van der Waals surface area contributed by atoms with Crippen molar-refractivity contribution in [1.29, 1.82) is 0 Å². The van der Waals surface area contributed by atoms with Crippen LogP contribution in [-0.2, 0) is 4.74 Å². The van der Waals surface area contributed by atoms with E-state index in [1.807, 2.05) is 0 Å². The second kappa shape index (κ2) is 7.22. The number of azide groups is 1. The number of nitro groups is 1. The molecule has 3 N–H and O–H groups in total. The van der Waals surface area contributed by atoms with Gasteiger partial charge in [0, 0.05) is 17.0 Å². The van der Waals surface area contributed by atoms with Gasteiger partial charge in [-0.15, -0.1) is 0 Å². The van der Waals surface area contributed by atoms with E-state index in [0.29, 0.717) is 0 Å². The fourth-order valence-electron chi connectivity index (χ4n) is 2.13. The van der Waals surface area contributed by atoms with Crippen molar-refractivity contribution in [3.05, 3.63) is 44.8 Å². The lowest BCUT2D eigenvalue weighted by Crippen LogP contribution is -2.59. The van der Waals surface area contributed by atoms with Gasteiger partial charge in [-0.3, -0.25) is 10.1 Å². The Morgan fingerprint density at radius 2 is 2.00 bits per heavy atom. The van der Waals surface area contributed by atoms with Crippen molar-refractivity contribution in [3.63, 3.8) is 0 Å². The molecule has 5 unspecified atom stereocenters. The summed E-state index contributed by atoms with van der Waals surface area (Å²) < 4.78 is 10.7. The molecule has 124 valence electrons. The monoisotopic (exact) mass is 326 g/mol. The fraction of sp³-hybridized carbons (Fsp3) is 0.500. The first kappa shape index (κ1) is 16.9. The molecule has 1 aliphatic heterocycles. The molecule has 5 atom stereocenters.